The topological polar surface area (TPSA) is 16.4 Å². The highest BCUT2D eigenvalue weighted by atomic mass is 32.1. The first-order valence-electron chi connectivity index (χ1n) is 2.97. The lowest BCUT2D eigenvalue weighted by molar-refractivity contribution is 0.534. The SMILES string of the molecule is CN(C)C(=S)c1ccco1. The van der Waals surface area contributed by atoms with E-state index in [1.165, 1.54) is 0 Å². The van der Waals surface area contributed by atoms with E-state index >= 15 is 0 Å². The summed E-state index contributed by atoms with van der Waals surface area (Å²) in [5.74, 6) is 0.750. The van der Waals surface area contributed by atoms with Crippen LogP contribution in [-0.4, -0.2) is 24.0 Å². The third-order valence-electron chi connectivity index (χ3n) is 1.14. The molecule has 10 heavy (non-hydrogen) atoms. The van der Waals surface area contributed by atoms with E-state index in [0.29, 0.717) is 0 Å². The van der Waals surface area contributed by atoms with Crippen molar-refractivity contribution in [1.29, 1.82) is 0 Å². The Kier molecular flexibility index (Phi) is 2.06. The smallest absolute Gasteiger partial charge is 0.161 e. The minimum atomic E-state index is 0.727. The van der Waals surface area contributed by atoms with Crippen LogP contribution in [0.5, 0.6) is 0 Å². The zero-order valence-corrected chi connectivity index (χ0v) is 6.81. The average Bonchev–Trinajstić information content (AvgIpc) is 2.36. The van der Waals surface area contributed by atoms with E-state index in [1.54, 1.807) is 6.26 Å². The number of furan rings is 1. The molecule has 1 aromatic rings. The lowest BCUT2D eigenvalue weighted by Gasteiger charge is -2.09. The second-order valence-corrected chi connectivity index (χ2v) is 2.56. The fraction of sp³-hybridized carbons (Fsp3) is 0.286. The molecule has 2 nitrogen and oxygen atoms in total. The van der Waals surface area contributed by atoms with Gasteiger partial charge in [0, 0.05) is 14.1 Å². The van der Waals surface area contributed by atoms with Crippen molar-refractivity contribution in [2.75, 3.05) is 14.1 Å². The van der Waals surface area contributed by atoms with Crippen LogP contribution in [0, 0.1) is 0 Å². The van der Waals surface area contributed by atoms with Crippen molar-refractivity contribution in [1.82, 2.24) is 4.90 Å². The fourth-order valence-electron chi connectivity index (χ4n) is 0.621. The van der Waals surface area contributed by atoms with Gasteiger partial charge in [0.05, 0.1) is 6.26 Å². The lowest BCUT2D eigenvalue weighted by Crippen LogP contribution is -2.19. The van der Waals surface area contributed by atoms with Gasteiger partial charge in [-0.25, -0.2) is 0 Å². The molecular weight excluding hydrogens is 146 g/mol. The zero-order valence-electron chi connectivity index (χ0n) is 6.00. The molecular formula is C7H9NOS. The normalized spacial score (nSPS) is 9.40. The molecule has 0 N–H and O–H groups in total. The minimum absolute atomic E-state index is 0.727. The molecule has 0 aromatic carbocycles. The van der Waals surface area contributed by atoms with Crippen LogP contribution in [0.25, 0.3) is 0 Å². The van der Waals surface area contributed by atoms with Gasteiger partial charge >= 0.3 is 0 Å². The summed E-state index contributed by atoms with van der Waals surface area (Å²) in [7, 11) is 3.79. The molecule has 0 spiro atoms. The van der Waals surface area contributed by atoms with Crippen molar-refractivity contribution in [3.8, 4) is 0 Å². The van der Waals surface area contributed by atoms with E-state index < -0.39 is 0 Å². The summed E-state index contributed by atoms with van der Waals surface area (Å²) in [5, 5.41) is 0. The second kappa shape index (κ2) is 2.84. The van der Waals surface area contributed by atoms with E-state index in [4.69, 9.17) is 16.6 Å². The summed E-state index contributed by atoms with van der Waals surface area (Å²) in [6.07, 6.45) is 1.62. The number of thiocarbonyl (C=S) groups is 1. The molecule has 1 aromatic heterocycles. The van der Waals surface area contributed by atoms with Crippen LogP contribution in [0.3, 0.4) is 0 Å². The lowest BCUT2D eigenvalue weighted by atomic mass is 10.4. The molecule has 3 heteroatoms. The molecule has 0 bridgehead atoms. The van der Waals surface area contributed by atoms with Crippen molar-refractivity contribution in [3.63, 3.8) is 0 Å². The van der Waals surface area contributed by atoms with Gasteiger partial charge in [-0.3, -0.25) is 0 Å². The first-order valence-corrected chi connectivity index (χ1v) is 3.38. The molecule has 0 unspecified atom stereocenters. The Balaban J connectivity index is 2.78. The molecule has 0 radical (unpaired) electrons. The van der Waals surface area contributed by atoms with Gasteiger partial charge in [-0.2, -0.15) is 0 Å². The van der Waals surface area contributed by atoms with Gasteiger partial charge in [0.15, 0.2) is 5.76 Å². The highest BCUT2D eigenvalue weighted by Gasteiger charge is 2.03. The van der Waals surface area contributed by atoms with Gasteiger partial charge in [0.2, 0.25) is 0 Å². The van der Waals surface area contributed by atoms with Crippen LogP contribution in [-0.2, 0) is 0 Å². The Hall–Kier alpha value is -0.830. The van der Waals surface area contributed by atoms with Crippen LogP contribution in [0.2, 0.25) is 0 Å². The second-order valence-electron chi connectivity index (χ2n) is 2.18. The molecule has 0 aliphatic heterocycles. The Morgan fingerprint density at radius 3 is 2.70 bits per heavy atom. The molecule has 54 valence electrons. The molecule has 0 aliphatic rings. The van der Waals surface area contributed by atoms with Crippen LogP contribution < -0.4 is 0 Å². The van der Waals surface area contributed by atoms with Crippen LogP contribution in [0.15, 0.2) is 22.8 Å². The molecule has 0 fully saturated rings. The van der Waals surface area contributed by atoms with Gasteiger partial charge in [-0.15, -0.1) is 0 Å². The van der Waals surface area contributed by atoms with Crippen molar-refractivity contribution >= 4 is 17.2 Å². The number of nitrogens with zero attached hydrogens (tertiary/aromatic N) is 1. The van der Waals surface area contributed by atoms with Crippen molar-refractivity contribution in [2.24, 2.45) is 0 Å². The summed E-state index contributed by atoms with van der Waals surface area (Å²) in [6, 6.07) is 3.67. The molecule has 0 amide bonds. The molecule has 0 aliphatic carbocycles. The van der Waals surface area contributed by atoms with E-state index in [-0.39, 0.29) is 0 Å². The minimum Gasteiger partial charge on any atom is -0.462 e. The van der Waals surface area contributed by atoms with E-state index in [2.05, 4.69) is 0 Å². The van der Waals surface area contributed by atoms with Crippen LogP contribution >= 0.6 is 12.2 Å². The first-order chi connectivity index (χ1) is 4.72. The molecule has 1 heterocycles. The zero-order chi connectivity index (χ0) is 7.56. The quantitative estimate of drug-likeness (QED) is 0.572. The molecule has 1 rings (SSSR count). The van der Waals surface area contributed by atoms with Crippen molar-refractivity contribution in [2.45, 2.75) is 0 Å². The predicted molar refractivity (Wildman–Crippen MR) is 44.1 cm³/mol. The van der Waals surface area contributed by atoms with Gasteiger partial charge < -0.3 is 9.32 Å². The third-order valence-corrected chi connectivity index (χ3v) is 1.70. The Labute approximate surface area is 65.4 Å². The molecule has 0 saturated heterocycles. The summed E-state index contributed by atoms with van der Waals surface area (Å²) in [4.78, 5) is 2.57. The molecule has 0 saturated carbocycles. The predicted octanol–water partition coefficient (Wildman–Crippen LogP) is 1.52. The van der Waals surface area contributed by atoms with E-state index in [0.717, 1.165) is 10.7 Å². The summed E-state index contributed by atoms with van der Waals surface area (Å²) in [6.45, 7) is 0. The Morgan fingerprint density at radius 2 is 2.30 bits per heavy atom. The van der Waals surface area contributed by atoms with Gasteiger partial charge in [0.1, 0.15) is 4.99 Å². The monoisotopic (exact) mass is 155 g/mol. The van der Waals surface area contributed by atoms with Gasteiger partial charge in [-0.05, 0) is 12.1 Å². The Bertz CT molecular complexity index is 216. The number of rotatable bonds is 1. The Morgan fingerprint density at radius 1 is 1.60 bits per heavy atom. The standard InChI is InChI=1S/C7H9NOS/c1-8(2)7(10)6-4-3-5-9-6/h3-5H,1-2H3. The fourth-order valence-corrected chi connectivity index (χ4v) is 0.737. The van der Waals surface area contributed by atoms with E-state index in [1.807, 2.05) is 31.1 Å². The largest absolute Gasteiger partial charge is 0.462 e. The van der Waals surface area contributed by atoms with Crippen molar-refractivity contribution < 1.29 is 4.42 Å². The number of hydrogen-bond acceptors (Lipinski definition) is 2. The number of hydrogen-bond donors (Lipinski definition) is 0. The average molecular weight is 155 g/mol. The highest BCUT2D eigenvalue weighted by Crippen LogP contribution is 2.03. The van der Waals surface area contributed by atoms with Gasteiger partial charge in [-0.1, -0.05) is 12.2 Å². The maximum absolute atomic E-state index is 5.07. The van der Waals surface area contributed by atoms with Gasteiger partial charge in [0.25, 0.3) is 0 Å². The maximum Gasteiger partial charge on any atom is 0.161 e. The highest BCUT2D eigenvalue weighted by molar-refractivity contribution is 7.80. The summed E-state index contributed by atoms with van der Waals surface area (Å²) < 4.78 is 5.07. The third kappa shape index (κ3) is 1.36. The molecule has 0 atom stereocenters. The van der Waals surface area contributed by atoms with E-state index in [9.17, 15) is 0 Å². The first kappa shape index (κ1) is 7.28. The van der Waals surface area contributed by atoms with Crippen LogP contribution in [0.1, 0.15) is 5.76 Å². The summed E-state index contributed by atoms with van der Waals surface area (Å²) in [5.41, 5.74) is 0. The van der Waals surface area contributed by atoms with Crippen molar-refractivity contribution in [3.05, 3.63) is 24.2 Å². The van der Waals surface area contributed by atoms with Crippen LogP contribution in [0.4, 0.5) is 0 Å². The summed E-state index contributed by atoms with van der Waals surface area (Å²) >= 11 is 5.03. The maximum atomic E-state index is 5.07.